The van der Waals surface area contributed by atoms with E-state index >= 15 is 0 Å². The molecule has 0 aliphatic rings. The summed E-state index contributed by atoms with van der Waals surface area (Å²) in [6, 6.07) is 4.64. The smallest absolute Gasteiger partial charge is 0.310 e. The first-order valence-electron chi connectivity index (χ1n) is 4.88. The summed E-state index contributed by atoms with van der Waals surface area (Å²) in [4.78, 5) is 11.7. The van der Waals surface area contributed by atoms with E-state index in [1.165, 1.54) is 17.8 Å². The SMILES string of the molecule is CSc1cc(C(C)C(=O)O)ccc1S(C)(=O)=O. The van der Waals surface area contributed by atoms with Crippen molar-refractivity contribution in [3.63, 3.8) is 0 Å². The third kappa shape index (κ3) is 3.23. The lowest BCUT2D eigenvalue weighted by Crippen LogP contribution is -2.08. The quantitative estimate of drug-likeness (QED) is 0.850. The molecule has 0 saturated carbocycles. The Hall–Kier alpha value is -1.01. The molecule has 1 rings (SSSR count). The Morgan fingerprint density at radius 1 is 1.41 bits per heavy atom. The topological polar surface area (TPSA) is 71.4 Å². The van der Waals surface area contributed by atoms with Gasteiger partial charge in [0.05, 0.1) is 10.8 Å². The van der Waals surface area contributed by atoms with E-state index in [-0.39, 0.29) is 4.90 Å². The fourth-order valence-corrected chi connectivity index (χ4v) is 3.37. The molecule has 1 aromatic rings. The highest BCUT2D eigenvalue weighted by molar-refractivity contribution is 7.99. The number of thioether (sulfide) groups is 1. The second-order valence-electron chi connectivity index (χ2n) is 3.74. The molecule has 0 fully saturated rings. The molecule has 1 N–H and O–H groups in total. The average molecular weight is 274 g/mol. The van der Waals surface area contributed by atoms with Crippen LogP contribution in [-0.2, 0) is 14.6 Å². The summed E-state index contributed by atoms with van der Waals surface area (Å²) in [5.74, 6) is -1.57. The molecule has 0 radical (unpaired) electrons. The number of sulfone groups is 1. The zero-order chi connectivity index (χ0) is 13.2. The predicted molar refractivity (Wildman–Crippen MR) is 67.4 cm³/mol. The van der Waals surface area contributed by atoms with Crippen LogP contribution in [0, 0.1) is 0 Å². The van der Waals surface area contributed by atoms with Gasteiger partial charge in [-0.25, -0.2) is 8.42 Å². The minimum Gasteiger partial charge on any atom is -0.481 e. The van der Waals surface area contributed by atoms with E-state index < -0.39 is 21.7 Å². The van der Waals surface area contributed by atoms with E-state index in [0.717, 1.165) is 6.26 Å². The number of rotatable bonds is 4. The van der Waals surface area contributed by atoms with Crippen LogP contribution in [0.5, 0.6) is 0 Å². The van der Waals surface area contributed by atoms with Crippen molar-refractivity contribution >= 4 is 27.6 Å². The number of carboxylic acids is 1. The van der Waals surface area contributed by atoms with Crippen LogP contribution in [0.1, 0.15) is 18.4 Å². The molecule has 0 heterocycles. The molecule has 0 amide bonds. The molecule has 0 aromatic heterocycles. The van der Waals surface area contributed by atoms with Crippen molar-refractivity contribution < 1.29 is 18.3 Å². The maximum atomic E-state index is 11.5. The van der Waals surface area contributed by atoms with Gasteiger partial charge in [0.15, 0.2) is 9.84 Å². The summed E-state index contributed by atoms with van der Waals surface area (Å²) in [6.07, 6.45) is 2.90. The molecule has 0 spiro atoms. The molecule has 1 unspecified atom stereocenters. The van der Waals surface area contributed by atoms with Crippen molar-refractivity contribution in [3.8, 4) is 0 Å². The van der Waals surface area contributed by atoms with Gasteiger partial charge in [-0.05, 0) is 30.9 Å². The van der Waals surface area contributed by atoms with Crippen LogP contribution in [0.4, 0.5) is 0 Å². The van der Waals surface area contributed by atoms with E-state index in [4.69, 9.17) is 5.11 Å². The van der Waals surface area contributed by atoms with E-state index in [2.05, 4.69) is 0 Å². The molecule has 1 atom stereocenters. The number of carboxylic acid groups (broad SMARTS) is 1. The van der Waals surface area contributed by atoms with Crippen molar-refractivity contribution in [3.05, 3.63) is 23.8 Å². The number of hydrogen-bond acceptors (Lipinski definition) is 4. The highest BCUT2D eigenvalue weighted by atomic mass is 32.2. The molecule has 17 heavy (non-hydrogen) atoms. The second-order valence-corrected chi connectivity index (χ2v) is 6.57. The highest BCUT2D eigenvalue weighted by Crippen LogP contribution is 2.28. The Bertz CT molecular complexity index is 534. The normalized spacial score (nSPS) is 13.4. The Morgan fingerprint density at radius 2 is 2.00 bits per heavy atom. The van der Waals surface area contributed by atoms with Crippen molar-refractivity contribution in [2.75, 3.05) is 12.5 Å². The second kappa shape index (κ2) is 5.10. The highest BCUT2D eigenvalue weighted by Gasteiger charge is 2.18. The van der Waals surface area contributed by atoms with Crippen LogP contribution in [0.3, 0.4) is 0 Å². The molecule has 6 heteroatoms. The van der Waals surface area contributed by atoms with Crippen LogP contribution in [0.25, 0.3) is 0 Å². The van der Waals surface area contributed by atoms with Crippen molar-refractivity contribution in [1.82, 2.24) is 0 Å². The van der Waals surface area contributed by atoms with Gasteiger partial charge >= 0.3 is 5.97 Å². The first kappa shape index (κ1) is 14.1. The van der Waals surface area contributed by atoms with Gasteiger partial charge in [-0.3, -0.25) is 4.79 Å². The van der Waals surface area contributed by atoms with Crippen molar-refractivity contribution in [2.45, 2.75) is 22.6 Å². The Balaban J connectivity index is 3.32. The molecule has 4 nitrogen and oxygen atoms in total. The largest absolute Gasteiger partial charge is 0.481 e. The molecular weight excluding hydrogens is 260 g/mol. The molecule has 0 bridgehead atoms. The van der Waals surface area contributed by atoms with Gasteiger partial charge in [0, 0.05) is 11.2 Å². The van der Waals surface area contributed by atoms with E-state index in [0.29, 0.717) is 10.5 Å². The van der Waals surface area contributed by atoms with E-state index in [1.807, 2.05) is 0 Å². The lowest BCUT2D eigenvalue weighted by atomic mass is 10.0. The van der Waals surface area contributed by atoms with Gasteiger partial charge in [-0.2, -0.15) is 0 Å². The zero-order valence-corrected chi connectivity index (χ0v) is 11.4. The lowest BCUT2D eigenvalue weighted by molar-refractivity contribution is -0.138. The molecule has 0 aliphatic heterocycles. The van der Waals surface area contributed by atoms with Crippen molar-refractivity contribution in [2.24, 2.45) is 0 Å². The predicted octanol–water partition coefficient (Wildman–Crippen LogP) is 2.00. The molecule has 1 aromatic carbocycles. The number of hydrogen-bond donors (Lipinski definition) is 1. The molecule has 94 valence electrons. The van der Waals surface area contributed by atoms with Gasteiger partial charge in [0.1, 0.15) is 0 Å². The summed E-state index contributed by atoms with van der Waals surface area (Å²) >= 11 is 1.29. The summed E-state index contributed by atoms with van der Waals surface area (Å²) < 4.78 is 23.0. The maximum Gasteiger partial charge on any atom is 0.310 e. The standard InChI is InChI=1S/C11H14O4S2/c1-7(11(12)13)8-4-5-10(17(3,14)15)9(6-8)16-2/h4-7H,1-3H3,(H,12,13). The summed E-state index contributed by atoms with van der Waals surface area (Å²) in [6.45, 7) is 1.57. The van der Waals surface area contributed by atoms with Crippen molar-refractivity contribution in [1.29, 1.82) is 0 Å². The maximum absolute atomic E-state index is 11.5. The first-order valence-corrected chi connectivity index (χ1v) is 7.99. The van der Waals surface area contributed by atoms with Crippen LogP contribution in [0.2, 0.25) is 0 Å². The van der Waals surface area contributed by atoms with Crippen LogP contribution in [0.15, 0.2) is 28.0 Å². The lowest BCUT2D eigenvalue weighted by Gasteiger charge is -2.11. The van der Waals surface area contributed by atoms with Gasteiger partial charge in [-0.1, -0.05) is 6.07 Å². The average Bonchev–Trinajstić information content (AvgIpc) is 2.25. The van der Waals surface area contributed by atoms with Gasteiger partial charge < -0.3 is 5.11 Å². The summed E-state index contributed by atoms with van der Waals surface area (Å²) in [5, 5.41) is 8.90. The third-order valence-electron chi connectivity index (χ3n) is 2.46. The Labute approximate surface area is 105 Å². The number of aliphatic carboxylic acids is 1. The van der Waals surface area contributed by atoms with E-state index in [1.54, 1.807) is 25.3 Å². The van der Waals surface area contributed by atoms with Crippen LogP contribution >= 0.6 is 11.8 Å². The molecule has 0 saturated heterocycles. The fourth-order valence-electron chi connectivity index (χ4n) is 1.40. The summed E-state index contributed by atoms with van der Waals surface area (Å²) in [5.41, 5.74) is 0.606. The van der Waals surface area contributed by atoms with Crippen LogP contribution < -0.4 is 0 Å². The molecule has 0 aliphatic carbocycles. The minimum absolute atomic E-state index is 0.242. The monoisotopic (exact) mass is 274 g/mol. The summed E-state index contributed by atoms with van der Waals surface area (Å²) in [7, 11) is -3.28. The van der Waals surface area contributed by atoms with Gasteiger partial charge in [0.2, 0.25) is 0 Å². The minimum atomic E-state index is -3.28. The van der Waals surface area contributed by atoms with Gasteiger partial charge in [0.25, 0.3) is 0 Å². The molecular formula is C11H14O4S2. The first-order chi connectivity index (χ1) is 7.77. The zero-order valence-electron chi connectivity index (χ0n) is 9.80. The van der Waals surface area contributed by atoms with Gasteiger partial charge in [-0.15, -0.1) is 11.8 Å². The Morgan fingerprint density at radius 3 is 2.41 bits per heavy atom. The van der Waals surface area contributed by atoms with Crippen LogP contribution in [-0.4, -0.2) is 32.0 Å². The third-order valence-corrected chi connectivity index (χ3v) is 4.52. The fraction of sp³-hybridized carbons (Fsp3) is 0.364. The number of carbonyl (C=O) groups is 1. The van der Waals surface area contributed by atoms with E-state index in [9.17, 15) is 13.2 Å². The Kier molecular flexibility index (Phi) is 4.21. The number of benzene rings is 1.